The van der Waals surface area contributed by atoms with Gasteiger partial charge in [0.05, 0.1) is 4.90 Å². The SMILES string of the molecule is CCCCNC(=O)Nc1cccc(S(N)(=O)=O)c1C. The van der Waals surface area contributed by atoms with E-state index < -0.39 is 10.0 Å². The van der Waals surface area contributed by atoms with E-state index in [1.165, 1.54) is 12.1 Å². The summed E-state index contributed by atoms with van der Waals surface area (Å²) in [6, 6.07) is 4.21. The number of hydrogen-bond donors (Lipinski definition) is 3. The first-order chi connectivity index (χ1) is 8.86. The molecule has 0 heterocycles. The maximum absolute atomic E-state index is 11.6. The zero-order chi connectivity index (χ0) is 14.5. The number of primary sulfonamides is 1. The minimum Gasteiger partial charge on any atom is -0.338 e. The Balaban J connectivity index is 2.83. The van der Waals surface area contributed by atoms with Crippen molar-refractivity contribution in [3.8, 4) is 0 Å². The van der Waals surface area contributed by atoms with Crippen molar-refractivity contribution in [2.45, 2.75) is 31.6 Å². The van der Waals surface area contributed by atoms with Gasteiger partial charge in [0.1, 0.15) is 0 Å². The topological polar surface area (TPSA) is 101 Å². The predicted octanol–water partition coefficient (Wildman–Crippen LogP) is 1.56. The van der Waals surface area contributed by atoms with Crippen molar-refractivity contribution in [2.75, 3.05) is 11.9 Å². The van der Waals surface area contributed by atoms with Crippen molar-refractivity contribution in [3.63, 3.8) is 0 Å². The van der Waals surface area contributed by atoms with Gasteiger partial charge in [0.25, 0.3) is 0 Å². The van der Waals surface area contributed by atoms with Crippen LogP contribution in [0.2, 0.25) is 0 Å². The molecule has 1 aromatic rings. The van der Waals surface area contributed by atoms with Crippen LogP contribution in [0, 0.1) is 6.92 Å². The third-order valence-corrected chi connectivity index (χ3v) is 3.71. The molecule has 0 saturated heterocycles. The smallest absolute Gasteiger partial charge is 0.319 e. The van der Waals surface area contributed by atoms with Gasteiger partial charge in [-0.15, -0.1) is 0 Å². The van der Waals surface area contributed by atoms with E-state index in [0.29, 0.717) is 17.8 Å². The van der Waals surface area contributed by atoms with Gasteiger partial charge in [0.2, 0.25) is 10.0 Å². The van der Waals surface area contributed by atoms with Crippen LogP contribution in [0.5, 0.6) is 0 Å². The third-order valence-electron chi connectivity index (χ3n) is 2.65. The molecule has 4 N–H and O–H groups in total. The van der Waals surface area contributed by atoms with Gasteiger partial charge in [0.15, 0.2) is 0 Å². The Morgan fingerprint density at radius 1 is 1.37 bits per heavy atom. The van der Waals surface area contributed by atoms with E-state index >= 15 is 0 Å². The van der Waals surface area contributed by atoms with Crippen LogP contribution >= 0.6 is 0 Å². The molecule has 0 saturated carbocycles. The second-order valence-electron chi connectivity index (χ2n) is 4.21. The van der Waals surface area contributed by atoms with Crippen molar-refractivity contribution in [3.05, 3.63) is 23.8 Å². The molecule has 7 heteroatoms. The summed E-state index contributed by atoms with van der Waals surface area (Å²) in [4.78, 5) is 11.6. The largest absolute Gasteiger partial charge is 0.338 e. The molecule has 0 bridgehead atoms. The maximum Gasteiger partial charge on any atom is 0.319 e. The molecule has 19 heavy (non-hydrogen) atoms. The number of amides is 2. The van der Waals surface area contributed by atoms with Crippen LogP contribution in [0.1, 0.15) is 25.3 Å². The molecule has 0 fully saturated rings. The molecule has 106 valence electrons. The summed E-state index contributed by atoms with van der Waals surface area (Å²) in [6.45, 7) is 4.21. The molecule has 0 aliphatic heterocycles. The first kappa shape index (κ1) is 15.5. The normalized spacial score (nSPS) is 11.1. The number of carbonyl (C=O) groups excluding carboxylic acids is 1. The molecule has 2 amide bonds. The summed E-state index contributed by atoms with van der Waals surface area (Å²) >= 11 is 0. The number of rotatable bonds is 5. The minimum atomic E-state index is -3.78. The van der Waals surface area contributed by atoms with E-state index in [1.807, 2.05) is 6.92 Å². The lowest BCUT2D eigenvalue weighted by Gasteiger charge is -2.12. The molecule has 0 aromatic heterocycles. The van der Waals surface area contributed by atoms with Gasteiger partial charge < -0.3 is 10.6 Å². The number of anilines is 1. The second-order valence-corrected chi connectivity index (χ2v) is 5.74. The fourth-order valence-electron chi connectivity index (χ4n) is 1.60. The Morgan fingerprint density at radius 3 is 2.63 bits per heavy atom. The quantitative estimate of drug-likeness (QED) is 0.715. The molecule has 6 nitrogen and oxygen atoms in total. The highest BCUT2D eigenvalue weighted by molar-refractivity contribution is 7.89. The first-order valence-corrected chi connectivity index (χ1v) is 7.58. The minimum absolute atomic E-state index is 0.0128. The Kier molecular flexibility index (Phi) is 5.31. The van der Waals surface area contributed by atoms with E-state index in [2.05, 4.69) is 10.6 Å². The molecular weight excluding hydrogens is 266 g/mol. The molecule has 1 rings (SSSR count). The fourth-order valence-corrected chi connectivity index (χ4v) is 2.41. The van der Waals surface area contributed by atoms with Crippen molar-refractivity contribution in [2.24, 2.45) is 5.14 Å². The van der Waals surface area contributed by atoms with E-state index in [-0.39, 0.29) is 10.9 Å². The molecule has 0 radical (unpaired) electrons. The van der Waals surface area contributed by atoms with Crippen LogP contribution < -0.4 is 15.8 Å². The lowest BCUT2D eigenvalue weighted by Crippen LogP contribution is -2.30. The Bertz CT molecular complexity index is 555. The second kappa shape index (κ2) is 6.53. The van der Waals surface area contributed by atoms with E-state index in [1.54, 1.807) is 13.0 Å². The van der Waals surface area contributed by atoms with Crippen LogP contribution in [0.25, 0.3) is 0 Å². The zero-order valence-electron chi connectivity index (χ0n) is 11.1. The predicted molar refractivity (Wildman–Crippen MR) is 74.5 cm³/mol. The molecule has 0 unspecified atom stereocenters. The van der Waals surface area contributed by atoms with E-state index in [4.69, 9.17) is 5.14 Å². The van der Waals surface area contributed by atoms with Crippen LogP contribution in [0.4, 0.5) is 10.5 Å². The van der Waals surface area contributed by atoms with Crippen molar-refractivity contribution < 1.29 is 13.2 Å². The maximum atomic E-state index is 11.6. The van der Waals surface area contributed by atoms with Crippen LogP contribution in [-0.4, -0.2) is 21.0 Å². The van der Waals surface area contributed by atoms with Crippen LogP contribution in [0.15, 0.2) is 23.1 Å². The van der Waals surface area contributed by atoms with E-state index in [9.17, 15) is 13.2 Å². The standard InChI is InChI=1S/C12H19N3O3S/c1-3-4-8-14-12(16)15-10-6-5-7-11(9(10)2)19(13,17)18/h5-7H,3-4,8H2,1-2H3,(H2,13,17,18)(H2,14,15,16). The molecule has 1 aromatic carbocycles. The fraction of sp³-hybridized carbons (Fsp3) is 0.417. The summed E-state index contributed by atoms with van der Waals surface area (Å²) in [5, 5.41) is 10.4. The summed E-state index contributed by atoms with van der Waals surface area (Å²) in [6.07, 6.45) is 1.88. The van der Waals surface area contributed by atoms with Gasteiger partial charge in [-0.3, -0.25) is 0 Å². The highest BCUT2D eigenvalue weighted by Crippen LogP contribution is 2.21. The molecular formula is C12H19N3O3S. The Morgan fingerprint density at radius 2 is 2.05 bits per heavy atom. The molecule has 0 aliphatic carbocycles. The van der Waals surface area contributed by atoms with Crippen LogP contribution in [-0.2, 0) is 10.0 Å². The number of nitrogens with one attached hydrogen (secondary N) is 2. The van der Waals surface area contributed by atoms with Gasteiger partial charge in [-0.05, 0) is 31.0 Å². The van der Waals surface area contributed by atoms with Gasteiger partial charge in [-0.1, -0.05) is 19.4 Å². The van der Waals surface area contributed by atoms with Crippen molar-refractivity contribution in [1.29, 1.82) is 0 Å². The molecule has 0 atom stereocenters. The van der Waals surface area contributed by atoms with Crippen LogP contribution in [0.3, 0.4) is 0 Å². The Labute approximate surface area is 113 Å². The van der Waals surface area contributed by atoms with Gasteiger partial charge in [-0.25, -0.2) is 18.4 Å². The number of unbranched alkanes of at least 4 members (excludes halogenated alkanes) is 1. The average molecular weight is 285 g/mol. The highest BCUT2D eigenvalue weighted by Gasteiger charge is 2.14. The summed E-state index contributed by atoms with van der Waals surface area (Å²) in [5.41, 5.74) is 0.858. The molecule has 0 aliphatic rings. The highest BCUT2D eigenvalue weighted by atomic mass is 32.2. The van der Waals surface area contributed by atoms with Gasteiger partial charge in [-0.2, -0.15) is 0 Å². The number of hydrogen-bond acceptors (Lipinski definition) is 3. The number of benzene rings is 1. The lowest BCUT2D eigenvalue weighted by atomic mass is 10.2. The van der Waals surface area contributed by atoms with Crippen molar-refractivity contribution in [1.82, 2.24) is 5.32 Å². The first-order valence-electron chi connectivity index (χ1n) is 6.03. The molecule has 0 spiro atoms. The average Bonchev–Trinajstić information content (AvgIpc) is 2.30. The van der Waals surface area contributed by atoms with E-state index in [0.717, 1.165) is 12.8 Å². The van der Waals surface area contributed by atoms with Crippen molar-refractivity contribution >= 4 is 21.7 Å². The monoisotopic (exact) mass is 285 g/mol. The summed E-state index contributed by atoms with van der Waals surface area (Å²) in [5.74, 6) is 0. The lowest BCUT2D eigenvalue weighted by molar-refractivity contribution is 0.252. The van der Waals surface area contributed by atoms with Gasteiger partial charge >= 0.3 is 6.03 Å². The number of nitrogens with two attached hydrogens (primary N) is 1. The zero-order valence-corrected chi connectivity index (χ0v) is 11.9. The Hall–Kier alpha value is -1.60. The number of carbonyl (C=O) groups is 1. The summed E-state index contributed by atoms with van der Waals surface area (Å²) in [7, 11) is -3.78. The number of sulfonamides is 1. The number of urea groups is 1. The summed E-state index contributed by atoms with van der Waals surface area (Å²) < 4.78 is 22.7. The van der Waals surface area contributed by atoms with Gasteiger partial charge in [0, 0.05) is 12.2 Å². The third kappa shape index (κ3) is 4.53.